The van der Waals surface area contributed by atoms with E-state index in [0.29, 0.717) is 0 Å². The van der Waals surface area contributed by atoms with Crippen LogP contribution in [0.15, 0.2) is 75.2 Å². The van der Waals surface area contributed by atoms with Gasteiger partial charge in [0.05, 0.1) is 0 Å². The molecule has 0 fully saturated rings. The zero-order chi connectivity index (χ0) is 24.9. The molecule has 4 heteroatoms. The molecule has 0 saturated carbocycles. The molecule has 0 N–H and O–H groups in total. The molecule has 194 valence electrons. The van der Waals surface area contributed by atoms with Crippen molar-refractivity contribution in [3.8, 4) is 0 Å². The predicted octanol–water partition coefficient (Wildman–Crippen LogP) is -0.329. The monoisotopic (exact) mass is 586 g/mol. The summed E-state index contributed by atoms with van der Waals surface area (Å²) < 4.78 is 1.49. The van der Waals surface area contributed by atoms with E-state index < -0.39 is 0 Å². The average Bonchev–Trinajstić information content (AvgIpc) is 2.91. The summed E-state index contributed by atoms with van der Waals surface area (Å²) in [7, 11) is 0. The third-order valence-electron chi connectivity index (χ3n) is 7.74. The van der Waals surface area contributed by atoms with Gasteiger partial charge in [0.25, 0.3) is 0 Å². The van der Waals surface area contributed by atoms with Crippen LogP contribution in [-0.2, 0) is 25.9 Å². The second-order valence-corrected chi connectivity index (χ2v) is 11.6. The van der Waals surface area contributed by atoms with Gasteiger partial charge in [-0.25, -0.2) is 0 Å². The molecule has 1 atom stereocenters. The summed E-state index contributed by atoms with van der Waals surface area (Å²) in [6, 6.07) is 21.5. The van der Waals surface area contributed by atoms with Crippen LogP contribution in [0.2, 0.25) is 0 Å². The molecular weight excluding hydrogens is 551 g/mol. The molecule has 1 aliphatic carbocycles. The summed E-state index contributed by atoms with van der Waals surface area (Å²) in [4.78, 5) is 0. The fourth-order valence-electron chi connectivity index (χ4n) is 6.30. The molecule has 4 rings (SSSR count). The second-order valence-electron chi connectivity index (χ2n) is 10.7. The van der Waals surface area contributed by atoms with Crippen LogP contribution in [0.1, 0.15) is 70.8 Å². The Morgan fingerprint density at radius 2 is 0.730 bits per heavy atom. The van der Waals surface area contributed by atoms with E-state index in [4.69, 9.17) is 0 Å². The summed E-state index contributed by atoms with van der Waals surface area (Å²) in [5, 5.41) is 0. The first kappa shape index (κ1) is 33.8. The largest absolute Gasteiger partial charge is 1.00 e. The molecule has 3 aromatic rings. The summed E-state index contributed by atoms with van der Waals surface area (Å²) in [5.41, 5.74) is 16.2. The SMILES string of the molecule is CC1=C(C)C(C(c2cc(C)cc(C)c2)(c2cc(C)cc(C)c2)c2cc(C)cc(C)c2)[C]([Ti+3])=C1C.[Cl-].[Cl-].[Cl-]. The minimum atomic E-state index is -0.308. The standard InChI is InChI=1S/C33H37.3ClH.Ti/c1-20-10-21(2)14-29(13-20)33(30-15-22(3)11-23(4)16-30,31-17-24(5)12-25(6)18-31)32-19-26(7)27(8)28(32)9;;;;/h10-18,32H,1-9H3;3*1H;/q;;;;+3/p-3. The molecule has 0 heterocycles. The molecule has 0 nitrogen and oxygen atoms in total. The van der Waals surface area contributed by atoms with Gasteiger partial charge in [0.2, 0.25) is 0 Å². The molecule has 0 spiro atoms. The minimum absolute atomic E-state index is 0. The van der Waals surface area contributed by atoms with Gasteiger partial charge < -0.3 is 37.2 Å². The number of halogens is 3. The van der Waals surface area contributed by atoms with E-state index in [1.54, 1.807) is 0 Å². The molecule has 3 aromatic carbocycles. The van der Waals surface area contributed by atoms with E-state index >= 15 is 0 Å². The normalized spacial score (nSPS) is 15.3. The van der Waals surface area contributed by atoms with Crippen molar-refractivity contribution >= 4 is 0 Å². The number of benzene rings is 3. The van der Waals surface area contributed by atoms with Crippen LogP contribution < -0.4 is 37.2 Å². The van der Waals surface area contributed by atoms with Gasteiger partial charge in [-0.05, 0) is 0 Å². The van der Waals surface area contributed by atoms with Crippen molar-refractivity contribution in [3.63, 3.8) is 0 Å². The zero-order valence-electron chi connectivity index (χ0n) is 23.4. The maximum absolute atomic E-state index is 2.44. The van der Waals surface area contributed by atoms with Crippen LogP contribution in [0, 0.1) is 47.5 Å². The first-order valence-electron chi connectivity index (χ1n) is 12.3. The van der Waals surface area contributed by atoms with Gasteiger partial charge in [-0.2, -0.15) is 0 Å². The van der Waals surface area contributed by atoms with Crippen molar-refractivity contribution in [3.05, 3.63) is 125 Å². The Morgan fingerprint density at radius 1 is 0.459 bits per heavy atom. The van der Waals surface area contributed by atoms with Crippen molar-refractivity contribution in [1.29, 1.82) is 0 Å². The van der Waals surface area contributed by atoms with Gasteiger partial charge >= 0.3 is 219 Å². The molecule has 0 radical (unpaired) electrons. The topological polar surface area (TPSA) is 0 Å². The van der Waals surface area contributed by atoms with Crippen LogP contribution in [0.4, 0.5) is 0 Å². The summed E-state index contributed by atoms with van der Waals surface area (Å²) in [6.07, 6.45) is 0. The minimum Gasteiger partial charge on any atom is -1.00 e. The fourth-order valence-corrected chi connectivity index (χ4v) is 7.26. The third kappa shape index (κ3) is 6.00. The van der Waals surface area contributed by atoms with Gasteiger partial charge in [0.1, 0.15) is 0 Å². The molecule has 0 aromatic heterocycles. The Bertz CT molecular complexity index is 1150. The van der Waals surface area contributed by atoms with E-state index in [-0.39, 0.29) is 48.6 Å². The zero-order valence-corrected chi connectivity index (χ0v) is 27.2. The Hall–Kier alpha value is -1.28. The second kappa shape index (κ2) is 12.7. The molecular formula is C33H37Cl3Ti. The van der Waals surface area contributed by atoms with E-state index in [9.17, 15) is 0 Å². The van der Waals surface area contributed by atoms with Crippen LogP contribution in [0.5, 0.6) is 0 Å². The first-order chi connectivity index (χ1) is 15.9. The Kier molecular flexibility index (Phi) is 11.6. The molecule has 0 aliphatic heterocycles. The molecule has 1 unspecified atom stereocenters. The van der Waals surface area contributed by atoms with Crippen molar-refractivity contribution in [2.24, 2.45) is 5.92 Å². The van der Waals surface area contributed by atoms with E-state index in [2.05, 4.69) is 137 Å². The summed E-state index contributed by atoms with van der Waals surface area (Å²) in [5.74, 6) is 0.274. The Morgan fingerprint density at radius 3 is 0.946 bits per heavy atom. The molecule has 1 aliphatic rings. The van der Waals surface area contributed by atoms with Crippen LogP contribution in [-0.4, -0.2) is 0 Å². The summed E-state index contributed by atoms with van der Waals surface area (Å²) in [6.45, 7) is 20.4. The van der Waals surface area contributed by atoms with Crippen molar-refractivity contribution in [1.82, 2.24) is 0 Å². The number of allylic oxidation sites excluding steroid dienone is 4. The van der Waals surface area contributed by atoms with E-state index in [1.807, 2.05) is 0 Å². The molecule has 0 amide bonds. The number of rotatable bonds is 4. The van der Waals surface area contributed by atoms with Crippen LogP contribution in [0.3, 0.4) is 0 Å². The van der Waals surface area contributed by atoms with Gasteiger partial charge in [0.15, 0.2) is 0 Å². The molecule has 37 heavy (non-hydrogen) atoms. The van der Waals surface area contributed by atoms with Gasteiger partial charge in [0, 0.05) is 0 Å². The molecule has 0 bridgehead atoms. The number of hydrogen-bond donors (Lipinski definition) is 0. The maximum atomic E-state index is 2.44. The van der Waals surface area contributed by atoms with Crippen LogP contribution >= 0.6 is 0 Å². The average molecular weight is 588 g/mol. The third-order valence-corrected chi connectivity index (χ3v) is 8.78. The van der Waals surface area contributed by atoms with Gasteiger partial charge in [-0.15, -0.1) is 0 Å². The Balaban J connectivity index is 0.00000228. The van der Waals surface area contributed by atoms with Crippen molar-refractivity contribution in [2.45, 2.75) is 67.7 Å². The molecule has 0 saturated heterocycles. The predicted molar refractivity (Wildman–Crippen MR) is 142 cm³/mol. The van der Waals surface area contributed by atoms with Crippen LogP contribution in [0.25, 0.3) is 0 Å². The van der Waals surface area contributed by atoms with Gasteiger partial charge in [-0.1, -0.05) is 0 Å². The Labute approximate surface area is 255 Å². The van der Waals surface area contributed by atoms with Crippen molar-refractivity contribution < 1.29 is 57.7 Å². The van der Waals surface area contributed by atoms with E-state index in [0.717, 1.165) is 0 Å². The van der Waals surface area contributed by atoms with Crippen molar-refractivity contribution in [2.75, 3.05) is 0 Å². The van der Waals surface area contributed by atoms with E-state index in [1.165, 1.54) is 70.7 Å². The number of aryl methyl sites for hydroxylation is 6. The first-order valence-corrected chi connectivity index (χ1v) is 13.1. The quantitative estimate of drug-likeness (QED) is 0.290. The number of hydrogen-bond acceptors (Lipinski definition) is 0. The smallest absolute Gasteiger partial charge is 1.00 e. The maximum Gasteiger partial charge on any atom is -1.00 e. The fraction of sp³-hybridized carbons (Fsp3) is 0.333. The van der Waals surface area contributed by atoms with Gasteiger partial charge in [-0.3, -0.25) is 0 Å². The summed E-state index contributed by atoms with van der Waals surface area (Å²) >= 11 is 2.36.